The van der Waals surface area contributed by atoms with Crippen molar-refractivity contribution in [2.24, 2.45) is 5.73 Å². The minimum atomic E-state index is -1.03. The molecule has 1 aromatic carbocycles. The second kappa shape index (κ2) is 5.09. The number of carboxylic acids is 1. The fourth-order valence-electron chi connectivity index (χ4n) is 2.73. The molecule has 1 aromatic rings. The van der Waals surface area contributed by atoms with Gasteiger partial charge in [0.15, 0.2) is 0 Å². The van der Waals surface area contributed by atoms with Crippen LogP contribution in [0.5, 0.6) is 11.5 Å². The highest BCUT2D eigenvalue weighted by Gasteiger charge is 2.35. The highest BCUT2D eigenvalue weighted by atomic mass is 16.5. The van der Waals surface area contributed by atoms with Gasteiger partial charge in [-0.3, -0.25) is 0 Å². The van der Waals surface area contributed by atoms with E-state index >= 15 is 0 Å². The van der Waals surface area contributed by atoms with Gasteiger partial charge in [0.2, 0.25) is 0 Å². The molecule has 0 heterocycles. The number of hydrogen-bond donors (Lipinski definition) is 2. The van der Waals surface area contributed by atoms with E-state index in [1.165, 1.54) is 7.11 Å². The first-order valence-electron chi connectivity index (χ1n) is 6.30. The molecule has 0 saturated heterocycles. The Bertz CT molecular complexity index is 492. The Balaban J connectivity index is 2.58. The number of carboxylic acid groups (broad SMARTS) is 1. The topological polar surface area (TPSA) is 81.8 Å². The average molecular weight is 265 g/mol. The molecule has 5 nitrogen and oxygen atoms in total. The molecule has 19 heavy (non-hydrogen) atoms. The Kier molecular flexibility index (Phi) is 3.66. The number of methoxy groups -OCH3 is 2. The lowest BCUT2D eigenvalue weighted by Gasteiger charge is -2.27. The maximum Gasteiger partial charge on any atom is 0.339 e. The molecule has 0 unspecified atom stereocenters. The van der Waals surface area contributed by atoms with Gasteiger partial charge in [0.25, 0.3) is 0 Å². The van der Waals surface area contributed by atoms with E-state index in [0.717, 1.165) is 31.2 Å². The van der Waals surface area contributed by atoms with Crippen molar-refractivity contribution in [2.45, 2.75) is 31.2 Å². The fourth-order valence-corrected chi connectivity index (χ4v) is 2.73. The third-order valence-corrected chi connectivity index (χ3v) is 3.78. The summed E-state index contributed by atoms with van der Waals surface area (Å²) in [5, 5.41) is 9.25. The van der Waals surface area contributed by atoms with Gasteiger partial charge in [0.1, 0.15) is 17.1 Å². The molecule has 0 spiro atoms. The van der Waals surface area contributed by atoms with Crippen LogP contribution >= 0.6 is 0 Å². The zero-order valence-corrected chi connectivity index (χ0v) is 11.2. The standard InChI is InChI=1S/C14H19NO4/c1-18-11-8-12(19-2)10(7-9(11)13(16)17)14(15)5-3-4-6-14/h7-8H,3-6,15H2,1-2H3,(H,16,17). The van der Waals surface area contributed by atoms with Gasteiger partial charge in [-0.05, 0) is 18.9 Å². The van der Waals surface area contributed by atoms with Crippen LogP contribution in [0.15, 0.2) is 12.1 Å². The molecular formula is C14H19NO4. The Hall–Kier alpha value is -1.75. The summed E-state index contributed by atoms with van der Waals surface area (Å²) in [5.74, 6) is -0.150. The summed E-state index contributed by atoms with van der Waals surface area (Å²) < 4.78 is 10.4. The molecule has 0 aliphatic heterocycles. The van der Waals surface area contributed by atoms with Gasteiger partial charge in [-0.25, -0.2) is 4.79 Å². The maximum atomic E-state index is 11.3. The van der Waals surface area contributed by atoms with E-state index in [2.05, 4.69) is 0 Å². The number of hydrogen-bond acceptors (Lipinski definition) is 4. The fraction of sp³-hybridized carbons (Fsp3) is 0.500. The van der Waals surface area contributed by atoms with E-state index in [-0.39, 0.29) is 11.3 Å². The molecule has 1 aliphatic rings. The molecular weight excluding hydrogens is 246 g/mol. The van der Waals surface area contributed by atoms with Gasteiger partial charge in [-0.2, -0.15) is 0 Å². The van der Waals surface area contributed by atoms with Crippen molar-refractivity contribution in [1.29, 1.82) is 0 Å². The summed E-state index contributed by atoms with van der Waals surface area (Å²) in [5.41, 5.74) is 6.78. The van der Waals surface area contributed by atoms with Crippen LogP contribution in [0.2, 0.25) is 0 Å². The van der Waals surface area contributed by atoms with Crippen LogP contribution < -0.4 is 15.2 Å². The summed E-state index contributed by atoms with van der Waals surface area (Å²) in [7, 11) is 2.99. The first-order valence-corrected chi connectivity index (χ1v) is 6.30. The number of rotatable bonds is 4. The number of aromatic carboxylic acids is 1. The first kappa shape index (κ1) is 13.7. The summed E-state index contributed by atoms with van der Waals surface area (Å²) in [6, 6.07) is 3.19. The molecule has 2 rings (SSSR count). The lowest BCUT2D eigenvalue weighted by molar-refractivity contribution is 0.0693. The Morgan fingerprint density at radius 1 is 1.21 bits per heavy atom. The van der Waals surface area contributed by atoms with E-state index in [1.807, 2.05) is 0 Å². The summed E-state index contributed by atoms with van der Waals surface area (Å²) in [6.45, 7) is 0. The van der Waals surface area contributed by atoms with Gasteiger partial charge in [-0.1, -0.05) is 12.8 Å². The highest BCUT2D eigenvalue weighted by molar-refractivity contribution is 5.91. The number of benzene rings is 1. The Morgan fingerprint density at radius 2 is 1.79 bits per heavy atom. The van der Waals surface area contributed by atoms with Crippen molar-refractivity contribution in [1.82, 2.24) is 0 Å². The van der Waals surface area contributed by atoms with E-state index in [0.29, 0.717) is 5.75 Å². The molecule has 0 aromatic heterocycles. The van der Waals surface area contributed by atoms with Crippen LogP contribution in [0.1, 0.15) is 41.6 Å². The minimum absolute atomic E-state index is 0.120. The largest absolute Gasteiger partial charge is 0.496 e. The highest BCUT2D eigenvalue weighted by Crippen LogP contribution is 2.42. The summed E-state index contributed by atoms with van der Waals surface area (Å²) in [4.78, 5) is 11.3. The van der Waals surface area contributed by atoms with Crippen LogP contribution in [-0.2, 0) is 5.54 Å². The van der Waals surface area contributed by atoms with Crippen LogP contribution in [0.25, 0.3) is 0 Å². The summed E-state index contributed by atoms with van der Waals surface area (Å²) >= 11 is 0. The molecule has 104 valence electrons. The molecule has 3 N–H and O–H groups in total. The number of nitrogens with two attached hydrogens (primary N) is 1. The first-order chi connectivity index (χ1) is 9.01. The van der Waals surface area contributed by atoms with Crippen molar-refractivity contribution < 1.29 is 19.4 Å². The van der Waals surface area contributed by atoms with Crippen molar-refractivity contribution in [3.05, 3.63) is 23.3 Å². The molecule has 5 heteroatoms. The molecule has 0 atom stereocenters. The molecule has 0 amide bonds. The Labute approximate surface area is 112 Å². The zero-order chi connectivity index (χ0) is 14.0. The smallest absolute Gasteiger partial charge is 0.339 e. The van der Waals surface area contributed by atoms with Crippen molar-refractivity contribution >= 4 is 5.97 Å². The monoisotopic (exact) mass is 265 g/mol. The minimum Gasteiger partial charge on any atom is -0.496 e. The van der Waals surface area contributed by atoms with E-state index in [1.54, 1.807) is 19.2 Å². The predicted octanol–water partition coefficient (Wildman–Crippen LogP) is 2.13. The van der Waals surface area contributed by atoms with Gasteiger partial charge in [0, 0.05) is 17.2 Å². The van der Waals surface area contributed by atoms with E-state index in [4.69, 9.17) is 15.2 Å². The third-order valence-electron chi connectivity index (χ3n) is 3.78. The van der Waals surface area contributed by atoms with E-state index < -0.39 is 11.5 Å². The normalized spacial score (nSPS) is 17.2. The van der Waals surface area contributed by atoms with Crippen LogP contribution in [0, 0.1) is 0 Å². The van der Waals surface area contributed by atoms with Crippen LogP contribution in [-0.4, -0.2) is 25.3 Å². The van der Waals surface area contributed by atoms with Gasteiger partial charge >= 0.3 is 5.97 Å². The van der Waals surface area contributed by atoms with Crippen molar-refractivity contribution in [2.75, 3.05) is 14.2 Å². The summed E-state index contributed by atoms with van der Waals surface area (Å²) in [6.07, 6.45) is 3.78. The van der Waals surface area contributed by atoms with Crippen LogP contribution in [0.3, 0.4) is 0 Å². The number of ether oxygens (including phenoxy) is 2. The SMILES string of the molecule is COc1cc(OC)c(C2(N)CCCC2)cc1C(=O)O. The maximum absolute atomic E-state index is 11.3. The zero-order valence-electron chi connectivity index (χ0n) is 11.2. The lowest BCUT2D eigenvalue weighted by atomic mass is 9.87. The quantitative estimate of drug-likeness (QED) is 0.871. The third kappa shape index (κ3) is 2.38. The second-order valence-electron chi connectivity index (χ2n) is 4.92. The van der Waals surface area contributed by atoms with Gasteiger partial charge < -0.3 is 20.3 Å². The molecule has 1 fully saturated rings. The molecule has 0 radical (unpaired) electrons. The lowest BCUT2D eigenvalue weighted by Crippen LogP contribution is -2.33. The van der Waals surface area contributed by atoms with Gasteiger partial charge in [0.05, 0.1) is 14.2 Å². The van der Waals surface area contributed by atoms with Crippen LogP contribution in [0.4, 0.5) is 0 Å². The predicted molar refractivity (Wildman–Crippen MR) is 70.8 cm³/mol. The molecule has 1 saturated carbocycles. The van der Waals surface area contributed by atoms with Crippen molar-refractivity contribution in [3.8, 4) is 11.5 Å². The van der Waals surface area contributed by atoms with Crippen molar-refractivity contribution in [3.63, 3.8) is 0 Å². The number of carbonyl (C=O) groups is 1. The second-order valence-corrected chi connectivity index (χ2v) is 4.92. The molecule has 1 aliphatic carbocycles. The molecule has 0 bridgehead atoms. The average Bonchev–Trinajstić information content (AvgIpc) is 2.84. The van der Waals surface area contributed by atoms with E-state index in [9.17, 15) is 9.90 Å². The van der Waals surface area contributed by atoms with Gasteiger partial charge in [-0.15, -0.1) is 0 Å². The Morgan fingerprint density at radius 3 is 2.26 bits per heavy atom.